The second-order valence-electron chi connectivity index (χ2n) is 6.79. The molecular weight excluding hydrogens is 441 g/mol. The van der Waals surface area contributed by atoms with Crippen LogP contribution in [0.3, 0.4) is 0 Å². The number of aromatic nitrogens is 5. The number of imidazole rings is 1. The molecule has 0 saturated carbocycles. The van der Waals surface area contributed by atoms with Gasteiger partial charge in [-0.05, 0) is 42.0 Å². The lowest BCUT2D eigenvalue weighted by atomic mass is 10.1. The summed E-state index contributed by atoms with van der Waals surface area (Å²) in [5.41, 5.74) is 5.18. The fourth-order valence-electron chi connectivity index (χ4n) is 3.36. The topological polar surface area (TPSA) is 48.0 Å². The molecule has 0 saturated heterocycles. The highest BCUT2D eigenvalue weighted by Gasteiger charge is 2.18. The second-order valence-corrected chi connectivity index (χ2v) is 8.05. The Morgan fingerprint density at radius 3 is 2.50 bits per heavy atom. The summed E-state index contributed by atoms with van der Waals surface area (Å²) in [6.07, 6.45) is 3.87. The van der Waals surface area contributed by atoms with Gasteiger partial charge in [-0.15, -0.1) is 5.10 Å². The average molecular weight is 455 g/mol. The van der Waals surface area contributed by atoms with Crippen molar-refractivity contribution < 1.29 is 0 Å². The SMILES string of the molecule is Clc1ccc(-c2nc3ccccn3c2-c2cn(Cc3ccc(Cl)c(Cl)c3)nn2)cc1. The van der Waals surface area contributed by atoms with Crippen molar-refractivity contribution in [3.63, 3.8) is 0 Å². The molecule has 5 nitrogen and oxygen atoms in total. The molecule has 0 amide bonds. The fourth-order valence-corrected chi connectivity index (χ4v) is 3.81. The zero-order valence-corrected chi connectivity index (χ0v) is 17.8. The van der Waals surface area contributed by atoms with E-state index < -0.39 is 0 Å². The molecule has 148 valence electrons. The second kappa shape index (κ2) is 7.76. The lowest BCUT2D eigenvalue weighted by Gasteiger charge is -2.03. The molecule has 8 heteroatoms. The molecule has 0 aliphatic carbocycles. The van der Waals surface area contributed by atoms with E-state index >= 15 is 0 Å². The van der Waals surface area contributed by atoms with Crippen LogP contribution in [0.15, 0.2) is 73.1 Å². The number of benzene rings is 2. The van der Waals surface area contributed by atoms with Gasteiger partial charge in [0.2, 0.25) is 0 Å². The summed E-state index contributed by atoms with van der Waals surface area (Å²) >= 11 is 18.2. The molecule has 0 spiro atoms. The Bertz CT molecular complexity index is 1360. The van der Waals surface area contributed by atoms with Crippen molar-refractivity contribution in [2.45, 2.75) is 6.54 Å². The van der Waals surface area contributed by atoms with Crippen LogP contribution in [0.5, 0.6) is 0 Å². The molecule has 5 rings (SSSR count). The Hall–Kier alpha value is -2.86. The van der Waals surface area contributed by atoms with E-state index in [-0.39, 0.29) is 0 Å². The van der Waals surface area contributed by atoms with Gasteiger partial charge in [-0.2, -0.15) is 0 Å². The zero-order valence-electron chi connectivity index (χ0n) is 15.5. The van der Waals surface area contributed by atoms with Crippen LogP contribution in [0.1, 0.15) is 5.56 Å². The number of nitrogens with zero attached hydrogens (tertiary/aromatic N) is 5. The quantitative estimate of drug-likeness (QED) is 0.321. The van der Waals surface area contributed by atoms with Gasteiger partial charge in [0.15, 0.2) is 0 Å². The first-order valence-corrected chi connectivity index (χ1v) is 10.3. The molecule has 0 radical (unpaired) electrons. The minimum atomic E-state index is 0.515. The number of hydrogen-bond donors (Lipinski definition) is 0. The molecule has 0 N–H and O–H groups in total. The standard InChI is InChI=1S/C22H14Cl3N5/c23-16-7-5-15(6-8-16)21-22(30-10-2-1-3-20(30)26-21)19-13-29(28-27-19)12-14-4-9-17(24)18(25)11-14/h1-11,13H,12H2. The molecule has 5 aromatic rings. The maximum atomic E-state index is 6.13. The van der Waals surface area contributed by atoms with E-state index in [1.54, 1.807) is 10.7 Å². The van der Waals surface area contributed by atoms with E-state index in [1.807, 2.05) is 71.4 Å². The maximum Gasteiger partial charge on any atom is 0.137 e. The van der Waals surface area contributed by atoms with Gasteiger partial charge in [-0.3, -0.25) is 4.40 Å². The third kappa shape index (κ3) is 3.56. The maximum absolute atomic E-state index is 6.13. The minimum absolute atomic E-state index is 0.515. The van der Waals surface area contributed by atoms with Crippen molar-refractivity contribution in [1.82, 2.24) is 24.4 Å². The highest BCUT2D eigenvalue weighted by molar-refractivity contribution is 6.42. The van der Waals surface area contributed by atoms with Gasteiger partial charge in [-0.25, -0.2) is 9.67 Å². The minimum Gasteiger partial charge on any atom is -0.298 e. The zero-order chi connectivity index (χ0) is 20.7. The van der Waals surface area contributed by atoms with Crippen LogP contribution in [0.2, 0.25) is 15.1 Å². The van der Waals surface area contributed by atoms with E-state index in [0.29, 0.717) is 21.6 Å². The Morgan fingerprint density at radius 1 is 0.867 bits per heavy atom. The van der Waals surface area contributed by atoms with Crippen molar-refractivity contribution >= 4 is 40.4 Å². The van der Waals surface area contributed by atoms with Crippen molar-refractivity contribution in [1.29, 1.82) is 0 Å². The van der Waals surface area contributed by atoms with Crippen LogP contribution in [-0.4, -0.2) is 24.4 Å². The number of pyridine rings is 1. The molecule has 3 aromatic heterocycles. The van der Waals surface area contributed by atoms with Gasteiger partial charge in [0.25, 0.3) is 0 Å². The molecule has 0 aliphatic rings. The van der Waals surface area contributed by atoms with E-state index in [0.717, 1.165) is 33.9 Å². The number of halogens is 3. The molecule has 30 heavy (non-hydrogen) atoms. The van der Waals surface area contributed by atoms with Crippen molar-refractivity contribution in [2.75, 3.05) is 0 Å². The molecule has 0 unspecified atom stereocenters. The molecule has 0 aliphatic heterocycles. The first-order chi connectivity index (χ1) is 14.6. The van der Waals surface area contributed by atoms with Gasteiger partial charge < -0.3 is 0 Å². The van der Waals surface area contributed by atoms with Gasteiger partial charge >= 0.3 is 0 Å². The van der Waals surface area contributed by atoms with E-state index in [1.165, 1.54) is 0 Å². The summed E-state index contributed by atoms with van der Waals surface area (Å²) in [7, 11) is 0. The molecule has 2 aromatic carbocycles. The van der Waals surface area contributed by atoms with Crippen LogP contribution < -0.4 is 0 Å². The average Bonchev–Trinajstić information content (AvgIpc) is 3.35. The lowest BCUT2D eigenvalue weighted by Crippen LogP contribution is -2.00. The number of fused-ring (bicyclic) bond motifs is 1. The summed E-state index contributed by atoms with van der Waals surface area (Å²) in [5, 5.41) is 10.4. The predicted molar refractivity (Wildman–Crippen MR) is 120 cm³/mol. The monoisotopic (exact) mass is 453 g/mol. The molecule has 3 heterocycles. The first kappa shape index (κ1) is 19.1. The number of rotatable bonds is 4. The van der Waals surface area contributed by atoms with Gasteiger partial charge in [0.1, 0.15) is 17.0 Å². The van der Waals surface area contributed by atoms with E-state index in [2.05, 4.69) is 10.3 Å². The Balaban J connectivity index is 1.58. The number of hydrogen-bond acceptors (Lipinski definition) is 3. The van der Waals surface area contributed by atoms with Gasteiger partial charge in [-0.1, -0.05) is 64.3 Å². The molecule has 0 atom stereocenters. The summed E-state index contributed by atoms with van der Waals surface area (Å²) in [6, 6.07) is 19.0. The van der Waals surface area contributed by atoms with Crippen LogP contribution >= 0.6 is 34.8 Å². The van der Waals surface area contributed by atoms with Gasteiger partial charge in [0, 0.05) is 16.8 Å². The smallest absolute Gasteiger partial charge is 0.137 e. The van der Waals surface area contributed by atoms with Crippen LogP contribution in [0.4, 0.5) is 0 Å². The summed E-state index contributed by atoms with van der Waals surface area (Å²) in [5.74, 6) is 0. The van der Waals surface area contributed by atoms with Crippen molar-refractivity contribution in [3.05, 3.63) is 93.7 Å². The fraction of sp³-hybridized carbons (Fsp3) is 0.0455. The Morgan fingerprint density at radius 2 is 1.70 bits per heavy atom. The Labute approximate surface area is 187 Å². The largest absolute Gasteiger partial charge is 0.298 e. The third-order valence-electron chi connectivity index (χ3n) is 4.76. The highest BCUT2D eigenvalue weighted by atomic mass is 35.5. The Kier molecular flexibility index (Phi) is 4.95. The molecular formula is C22H14Cl3N5. The van der Waals surface area contributed by atoms with Crippen LogP contribution in [0.25, 0.3) is 28.3 Å². The molecule has 0 bridgehead atoms. The summed E-state index contributed by atoms with van der Waals surface area (Å²) in [6.45, 7) is 0.525. The lowest BCUT2D eigenvalue weighted by molar-refractivity contribution is 0.650. The van der Waals surface area contributed by atoms with Gasteiger partial charge in [0.05, 0.1) is 28.5 Å². The predicted octanol–water partition coefficient (Wildman–Crippen LogP) is 6.27. The van der Waals surface area contributed by atoms with E-state index in [4.69, 9.17) is 39.8 Å². The normalized spacial score (nSPS) is 11.3. The summed E-state index contributed by atoms with van der Waals surface area (Å²) in [4.78, 5) is 4.81. The van der Waals surface area contributed by atoms with Crippen LogP contribution in [-0.2, 0) is 6.54 Å². The highest BCUT2D eigenvalue weighted by Crippen LogP contribution is 2.32. The molecule has 0 fully saturated rings. The van der Waals surface area contributed by atoms with Crippen molar-refractivity contribution in [2.24, 2.45) is 0 Å². The summed E-state index contributed by atoms with van der Waals surface area (Å²) < 4.78 is 3.78. The third-order valence-corrected chi connectivity index (χ3v) is 5.75. The first-order valence-electron chi connectivity index (χ1n) is 9.16. The van der Waals surface area contributed by atoms with E-state index in [9.17, 15) is 0 Å². The van der Waals surface area contributed by atoms with Crippen molar-refractivity contribution in [3.8, 4) is 22.6 Å². The van der Waals surface area contributed by atoms with Crippen LogP contribution in [0, 0.1) is 0 Å².